The molecular weight excluding hydrogens is 351 g/mol. The summed E-state index contributed by atoms with van der Waals surface area (Å²) in [6.45, 7) is 3.16. The highest BCUT2D eigenvalue weighted by Gasteiger charge is 2.31. The van der Waals surface area contributed by atoms with E-state index in [2.05, 4.69) is 10.4 Å². The van der Waals surface area contributed by atoms with Gasteiger partial charge in [-0.1, -0.05) is 6.07 Å². The number of carbonyl (C=O) groups is 1. The third-order valence-corrected chi connectivity index (χ3v) is 3.97. The average Bonchev–Trinajstić information content (AvgIpc) is 3.15. The molecule has 2 aromatic rings. The smallest absolute Gasteiger partial charge is 0.408 e. The van der Waals surface area contributed by atoms with Gasteiger partial charge in [0.1, 0.15) is 12.3 Å². The maximum absolute atomic E-state index is 12.9. The largest absolute Gasteiger partial charge is 0.490 e. The van der Waals surface area contributed by atoms with Crippen LogP contribution < -0.4 is 10.1 Å². The van der Waals surface area contributed by atoms with Gasteiger partial charge >= 0.3 is 6.18 Å². The maximum Gasteiger partial charge on any atom is 0.408 e. The number of anilines is 1. The first-order chi connectivity index (χ1) is 12.2. The summed E-state index contributed by atoms with van der Waals surface area (Å²) in [5.41, 5.74) is 0.249. The number of rotatable bonds is 5. The molecule has 0 saturated carbocycles. The summed E-state index contributed by atoms with van der Waals surface area (Å²) in [6.07, 6.45) is -4.05. The van der Waals surface area contributed by atoms with E-state index < -0.39 is 12.7 Å². The second kappa shape index (κ2) is 7.14. The number of carbonyl (C=O) groups excluding carboxylic acids is 1. The maximum atomic E-state index is 12.9. The summed E-state index contributed by atoms with van der Waals surface area (Å²) in [4.78, 5) is 12.4. The lowest BCUT2D eigenvalue weighted by atomic mass is 10.1. The van der Waals surface area contributed by atoms with Crippen molar-refractivity contribution in [3.05, 3.63) is 18.2 Å². The van der Waals surface area contributed by atoms with Crippen LogP contribution >= 0.6 is 0 Å². The van der Waals surface area contributed by atoms with Crippen molar-refractivity contribution in [1.29, 1.82) is 0 Å². The highest BCUT2D eigenvalue weighted by atomic mass is 19.4. The van der Waals surface area contributed by atoms with E-state index in [1.165, 1.54) is 6.07 Å². The van der Waals surface area contributed by atoms with E-state index in [1.807, 2.05) is 13.8 Å². The lowest BCUT2D eigenvalue weighted by Gasteiger charge is -2.12. The minimum atomic E-state index is -4.44. The lowest BCUT2D eigenvalue weighted by Crippen LogP contribution is -2.23. The summed E-state index contributed by atoms with van der Waals surface area (Å²) in [6, 6.07) is 4.77. The van der Waals surface area contributed by atoms with Crippen LogP contribution in [0.2, 0.25) is 0 Å². The van der Waals surface area contributed by atoms with Crippen molar-refractivity contribution >= 4 is 22.6 Å². The van der Waals surface area contributed by atoms with Crippen LogP contribution in [-0.4, -0.2) is 41.2 Å². The molecule has 1 atom stereocenters. The highest BCUT2D eigenvalue weighted by Crippen LogP contribution is 2.34. The molecule has 9 heteroatoms. The van der Waals surface area contributed by atoms with Gasteiger partial charge in [0.05, 0.1) is 29.5 Å². The number of halogens is 3. The molecule has 1 aliphatic heterocycles. The Morgan fingerprint density at radius 3 is 2.85 bits per heavy atom. The first-order valence-corrected chi connectivity index (χ1v) is 8.36. The molecule has 0 radical (unpaired) electrons. The average molecular weight is 371 g/mol. The van der Waals surface area contributed by atoms with Crippen molar-refractivity contribution in [1.82, 2.24) is 9.78 Å². The van der Waals surface area contributed by atoms with Gasteiger partial charge in [0.25, 0.3) is 0 Å². The summed E-state index contributed by atoms with van der Waals surface area (Å²) in [7, 11) is 0. The molecule has 1 aromatic carbocycles. The van der Waals surface area contributed by atoms with Crippen LogP contribution in [0.3, 0.4) is 0 Å². The summed E-state index contributed by atoms with van der Waals surface area (Å²) < 4.78 is 50.4. The van der Waals surface area contributed by atoms with Crippen LogP contribution in [0.1, 0.15) is 20.3 Å². The molecule has 6 nitrogen and oxygen atoms in total. The molecule has 1 saturated heterocycles. The number of ether oxygens (including phenoxy) is 2. The molecule has 3 rings (SSSR count). The summed E-state index contributed by atoms with van der Waals surface area (Å²) >= 11 is 0. The number of hydrogen-bond donors (Lipinski definition) is 1. The van der Waals surface area contributed by atoms with Crippen molar-refractivity contribution < 1.29 is 27.4 Å². The lowest BCUT2D eigenvalue weighted by molar-refractivity contribution is -0.141. The Morgan fingerprint density at radius 1 is 1.46 bits per heavy atom. The Bertz CT molecular complexity index is 796. The molecule has 0 unspecified atom stereocenters. The molecular formula is C17H20F3N3O3. The first kappa shape index (κ1) is 18.5. The number of benzene rings is 1. The van der Waals surface area contributed by atoms with E-state index in [0.29, 0.717) is 30.8 Å². The van der Waals surface area contributed by atoms with Crippen LogP contribution in [0.15, 0.2) is 18.2 Å². The van der Waals surface area contributed by atoms with Crippen LogP contribution in [0, 0.1) is 5.92 Å². The SMILES string of the molecule is CC(C)Oc1cccc2c1c(NC(=O)[C@H]1CCOC1)nn2CC(F)(F)F. The van der Waals surface area contributed by atoms with Gasteiger partial charge in [0.15, 0.2) is 5.82 Å². The van der Waals surface area contributed by atoms with Gasteiger partial charge in [0, 0.05) is 6.61 Å². The Labute approximate surface area is 148 Å². The fraction of sp³-hybridized carbons (Fsp3) is 0.529. The van der Waals surface area contributed by atoms with Gasteiger partial charge < -0.3 is 14.8 Å². The Kier molecular flexibility index (Phi) is 5.08. The van der Waals surface area contributed by atoms with E-state index in [0.717, 1.165) is 4.68 Å². The van der Waals surface area contributed by atoms with Crippen LogP contribution in [-0.2, 0) is 16.1 Å². The second-order valence-electron chi connectivity index (χ2n) is 6.49. The van der Waals surface area contributed by atoms with Gasteiger partial charge in [-0.15, -0.1) is 0 Å². The van der Waals surface area contributed by atoms with Gasteiger partial charge in [-0.05, 0) is 32.4 Å². The minimum Gasteiger partial charge on any atom is -0.490 e. The van der Waals surface area contributed by atoms with Crippen molar-refractivity contribution in [2.45, 2.75) is 39.1 Å². The molecule has 1 aliphatic rings. The Morgan fingerprint density at radius 2 is 2.23 bits per heavy atom. The molecule has 2 heterocycles. The van der Waals surface area contributed by atoms with Crippen molar-refractivity contribution in [3.63, 3.8) is 0 Å². The van der Waals surface area contributed by atoms with Crippen LogP contribution in [0.4, 0.5) is 19.0 Å². The molecule has 1 aromatic heterocycles. The monoisotopic (exact) mass is 371 g/mol. The topological polar surface area (TPSA) is 65.4 Å². The Balaban J connectivity index is 2.02. The zero-order valence-corrected chi connectivity index (χ0v) is 14.5. The Hall–Kier alpha value is -2.29. The molecule has 0 spiro atoms. The van der Waals surface area contributed by atoms with Gasteiger partial charge in [0.2, 0.25) is 5.91 Å². The molecule has 26 heavy (non-hydrogen) atoms. The molecule has 0 aliphatic carbocycles. The third-order valence-electron chi connectivity index (χ3n) is 3.97. The van der Waals surface area contributed by atoms with Crippen molar-refractivity contribution in [2.75, 3.05) is 18.5 Å². The van der Waals surface area contributed by atoms with Gasteiger partial charge in [-0.3, -0.25) is 9.48 Å². The zero-order chi connectivity index (χ0) is 18.9. The second-order valence-corrected chi connectivity index (χ2v) is 6.49. The van der Waals surface area contributed by atoms with Crippen LogP contribution in [0.5, 0.6) is 5.75 Å². The number of nitrogens with zero attached hydrogens (tertiary/aromatic N) is 2. The zero-order valence-electron chi connectivity index (χ0n) is 14.5. The molecule has 0 bridgehead atoms. The molecule has 1 fully saturated rings. The molecule has 1 N–H and O–H groups in total. The number of fused-ring (bicyclic) bond motifs is 1. The number of hydrogen-bond acceptors (Lipinski definition) is 4. The number of nitrogens with one attached hydrogen (secondary N) is 1. The summed E-state index contributed by atoms with van der Waals surface area (Å²) in [5.74, 6) is -0.210. The quantitative estimate of drug-likeness (QED) is 0.875. The van der Waals surface area contributed by atoms with Crippen LogP contribution in [0.25, 0.3) is 10.9 Å². The fourth-order valence-corrected chi connectivity index (χ4v) is 2.89. The normalized spacial score (nSPS) is 17.8. The molecule has 142 valence electrons. The van der Waals surface area contributed by atoms with Gasteiger partial charge in [-0.2, -0.15) is 18.3 Å². The standard InChI is InChI=1S/C17H20F3N3O3/c1-10(2)26-13-5-3-4-12-14(13)15(22-23(12)9-17(18,19)20)21-16(24)11-6-7-25-8-11/h3-5,10-11H,6-9H2,1-2H3,(H,21,22,24)/t11-/m0/s1. The summed E-state index contributed by atoms with van der Waals surface area (Å²) in [5, 5.41) is 7.01. The predicted octanol–water partition coefficient (Wildman–Crippen LogP) is 3.36. The van der Waals surface area contributed by atoms with Gasteiger partial charge in [-0.25, -0.2) is 0 Å². The van der Waals surface area contributed by atoms with E-state index in [4.69, 9.17) is 9.47 Å². The highest BCUT2D eigenvalue weighted by molar-refractivity contribution is 6.03. The first-order valence-electron chi connectivity index (χ1n) is 8.36. The third kappa shape index (κ3) is 4.09. The van der Waals surface area contributed by atoms with Crippen molar-refractivity contribution in [3.8, 4) is 5.75 Å². The minimum absolute atomic E-state index is 0.0670. The van der Waals surface area contributed by atoms with Crippen molar-refractivity contribution in [2.24, 2.45) is 5.92 Å². The number of aromatic nitrogens is 2. The number of amides is 1. The van der Waals surface area contributed by atoms with E-state index in [1.54, 1.807) is 12.1 Å². The fourth-order valence-electron chi connectivity index (χ4n) is 2.89. The van der Waals surface area contributed by atoms with E-state index >= 15 is 0 Å². The number of alkyl halides is 3. The molecule has 1 amide bonds. The predicted molar refractivity (Wildman–Crippen MR) is 89.1 cm³/mol. The van der Waals surface area contributed by atoms with E-state index in [9.17, 15) is 18.0 Å². The van der Waals surface area contributed by atoms with E-state index in [-0.39, 0.29) is 29.3 Å².